The van der Waals surface area contributed by atoms with Crippen molar-refractivity contribution >= 4 is 0 Å². The molecule has 4 heteroatoms. The number of aromatic nitrogens is 1. The summed E-state index contributed by atoms with van der Waals surface area (Å²) in [7, 11) is 0. The minimum Gasteiger partial charge on any atom is -0.247 e. The van der Waals surface area contributed by atoms with Crippen LogP contribution in [0.2, 0.25) is 0 Å². The molecule has 0 fully saturated rings. The van der Waals surface area contributed by atoms with Crippen molar-refractivity contribution < 1.29 is 13.2 Å². The van der Waals surface area contributed by atoms with Crippen molar-refractivity contribution in [3.05, 3.63) is 65.5 Å². The molecular formula is C14H8F3N. The zero-order valence-electron chi connectivity index (χ0n) is 9.20. The molecule has 0 amide bonds. The lowest BCUT2D eigenvalue weighted by Crippen LogP contribution is -2.08. The molecule has 18 heavy (non-hydrogen) atoms. The largest absolute Gasteiger partial charge is 0.419 e. The van der Waals surface area contributed by atoms with Gasteiger partial charge in [-0.15, -0.1) is 0 Å². The third-order valence-electron chi connectivity index (χ3n) is 2.21. The molecule has 0 atom stereocenters. The maximum atomic E-state index is 12.7. The number of hydrogen-bond acceptors (Lipinski definition) is 1. The Morgan fingerprint density at radius 2 is 1.61 bits per heavy atom. The SMILES string of the molecule is FC(F)(F)c1cccnc1C#Cc1ccccc1. The van der Waals surface area contributed by atoms with Crippen LogP contribution in [0.4, 0.5) is 13.2 Å². The van der Waals surface area contributed by atoms with E-state index in [1.54, 1.807) is 24.3 Å². The van der Waals surface area contributed by atoms with E-state index in [1.807, 2.05) is 6.07 Å². The van der Waals surface area contributed by atoms with E-state index in [1.165, 1.54) is 12.3 Å². The molecule has 1 aromatic carbocycles. The van der Waals surface area contributed by atoms with Crippen LogP contribution in [0, 0.1) is 11.8 Å². The molecule has 0 unspecified atom stereocenters. The lowest BCUT2D eigenvalue weighted by Gasteiger charge is -2.07. The molecule has 0 aliphatic carbocycles. The summed E-state index contributed by atoms with van der Waals surface area (Å²) in [5.74, 6) is 5.12. The summed E-state index contributed by atoms with van der Waals surface area (Å²) in [5, 5.41) is 0. The van der Waals surface area contributed by atoms with Gasteiger partial charge in [0.05, 0.1) is 5.56 Å². The molecule has 0 bridgehead atoms. The number of hydrogen-bond donors (Lipinski definition) is 0. The molecule has 1 nitrogen and oxygen atoms in total. The molecule has 1 aromatic heterocycles. The second kappa shape index (κ2) is 4.92. The summed E-state index contributed by atoms with van der Waals surface area (Å²) in [6, 6.07) is 11.0. The monoisotopic (exact) mass is 247 g/mol. The van der Waals surface area contributed by atoms with Gasteiger partial charge >= 0.3 is 6.18 Å². The fourth-order valence-corrected chi connectivity index (χ4v) is 1.39. The minimum absolute atomic E-state index is 0.256. The number of nitrogens with zero attached hydrogens (tertiary/aromatic N) is 1. The number of rotatable bonds is 0. The van der Waals surface area contributed by atoms with Gasteiger partial charge < -0.3 is 0 Å². The number of pyridine rings is 1. The Labute approximate surface area is 102 Å². The normalized spacial score (nSPS) is 10.6. The van der Waals surface area contributed by atoms with Crippen molar-refractivity contribution in [2.24, 2.45) is 0 Å². The lowest BCUT2D eigenvalue weighted by atomic mass is 10.1. The quantitative estimate of drug-likeness (QED) is 0.649. The Morgan fingerprint density at radius 3 is 2.28 bits per heavy atom. The summed E-state index contributed by atoms with van der Waals surface area (Å²) in [6.07, 6.45) is -3.14. The van der Waals surface area contributed by atoms with Gasteiger partial charge in [0.15, 0.2) is 0 Å². The highest BCUT2D eigenvalue weighted by atomic mass is 19.4. The van der Waals surface area contributed by atoms with Crippen LogP contribution in [0.5, 0.6) is 0 Å². The van der Waals surface area contributed by atoms with E-state index >= 15 is 0 Å². The first-order chi connectivity index (χ1) is 8.57. The van der Waals surface area contributed by atoms with Gasteiger partial charge in [0.1, 0.15) is 5.69 Å². The van der Waals surface area contributed by atoms with E-state index in [2.05, 4.69) is 16.8 Å². The Hall–Kier alpha value is -2.28. The van der Waals surface area contributed by atoms with Crippen LogP contribution in [0.15, 0.2) is 48.7 Å². The topological polar surface area (TPSA) is 12.9 Å². The van der Waals surface area contributed by atoms with E-state index in [9.17, 15) is 13.2 Å². The summed E-state index contributed by atoms with van der Waals surface area (Å²) in [4.78, 5) is 3.67. The van der Waals surface area contributed by atoms with E-state index in [4.69, 9.17) is 0 Å². The highest BCUT2D eigenvalue weighted by molar-refractivity contribution is 5.43. The average molecular weight is 247 g/mol. The molecular weight excluding hydrogens is 239 g/mol. The second-order valence-corrected chi connectivity index (χ2v) is 3.51. The fraction of sp³-hybridized carbons (Fsp3) is 0.0714. The highest BCUT2D eigenvalue weighted by Crippen LogP contribution is 2.30. The molecule has 0 saturated heterocycles. The third kappa shape index (κ3) is 2.89. The molecule has 2 aromatic rings. The standard InChI is InChI=1S/C14H8F3N/c15-14(16,17)12-7-4-10-18-13(12)9-8-11-5-2-1-3-6-11/h1-7,10H. The van der Waals surface area contributed by atoms with E-state index < -0.39 is 11.7 Å². The number of benzene rings is 1. The molecule has 0 spiro atoms. The summed E-state index contributed by atoms with van der Waals surface area (Å²) >= 11 is 0. The van der Waals surface area contributed by atoms with Crippen LogP contribution in [0.3, 0.4) is 0 Å². The van der Waals surface area contributed by atoms with Crippen LogP contribution in [0.1, 0.15) is 16.8 Å². The van der Waals surface area contributed by atoms with Crippen molar-refractivity contribution in [1.82, 2.24) is 4.98 Å². The van der Waals surface area contributed by atoms with Gasteiger partial charge in [-0.1, -0.05) is 24.1 Å². The molecule has 0 N–H and O–H groups in total. The first kappa shape index (κ1) is 12.2. The molecule has 0 aliphatic heterocycles. The van der Waals surface area contributed by atoms with Gasteiger partial charge in [-0.05, 0) is 30.2 Å². The maximum absolute atomic E-state index is 12.7. The van der Waals surface area contributed by atoms with Crippen molar-refractivity contribution in [3.8, 4) is 11.8 Å². The lowest BCUT2D eigenvalue weighted by molar-refractivity contribution is -0.138. The van der Waals surface area contributed by atoms with Crippen LogP contribution >= 0.6 is 0 Å². The Kier molecular flexibility index (Phi) is 3.33. The van der Waals surface area contributed by atoms with E-state index in [-0.39, 0.29) is 5.69 Å². The second-order valence-electron chi connectivity index (χ2n) is 3.51. The Bertz CT molecular complexity index is 592. The van der Waals surface area contributed by atoms with Gasteiger partial charge in [0.2, 0.25) is 0 Å². The van der Waals surface area contributed by atoms with Crippen LogP contribution < -0.4 is 0 Å². The summed E-state index contributed by atoms with van der Waals surface area (Å²) in [5.41, 5.74) is -0.418. The third-order valence-corrected chi connectivity index (χ3v) is 2.21. The first-order valence-electron chi connectivity index (χ1n) is 5.16. The Morgan fingerprint density at radius 1 is 0.889 bits per heavy atom. The van der Waals surface area contributed by atoms with Crippen molar-refractivity contribution in [2.75, 3.05) is 0 Å². The molecule has 0 saturated carbocycles. The van der Waals surface area contributed by atoms with Gasteiger partial charge in [-0.2, -0.15) is 13.2 Å². The van der Waals surface area contributed by atoms with Crippen molar-refractivity contribution in [2.45, 2.75) is 6.18 Å². The minimum atomic E-state index is -4.44. The average Bonchev–Trinajstić information content (AvgIpc) is 2.37. The zero-order valence-corrected chi connectivity index (χ0v) is 9.20. The van der Waals surface area contributed by atoms with Gasteiger partial charge in [-0.3, -0.25) is 0 Å². The van der Waals surface area contributed by atoms with Gasteiger partial charge in [-0.25, -0.2) is 4.98 Å². The van der Waals surface area contributed by atoms with Gasteiger partial charge in [0, 0.05) is 11.8 Å². The summed E-state index contributed by atoms with van der Waals surface area (Å²) in [6.45, 7) is 0. The fourth-order valence-electron chi connectivity index (χ4n) is 1.39. The maximum Gasteiger partial charge on any atom is 0.419 e. The number of alkyl halides is 3. The smallest absolute Gasteiger partial charge is 0.247 e. The molecule has 0 radical (unpaired) electrons. The number of halogens is 3. The molecule has 1 heterocycles. The predicted octanol–water partition coefficient (Wildman–Crippen LogP) is 3.50. The highest BCUT2D eigenvalue weighted by Gasteiger charge is 2.33. The van der Waals surface area contributed by atoms with Crippen LogP contribution in [0.25, 0.3) is 0 Å². The van der Waals surface area contributed by atoms with Crippen molar-refractivity contribution in [1.29, 1.82) is 0 Å². The molecule has 90 valence electrons. The van der Waals surface area contributed by atoms with Gasteiger partial charge in [0.25, 0.3) is 0 Å². The van der Waals surface area contributed by atoms with Crippen molar-refractivity contribution in [3.63, 3.8) is 0 Å². The first-order valence-corrected chi connectivity index (χ1v) is 5.16. The molecule has 0 aliphatic rings. The van der Waals surface area contributed by atoms with Crippen LogP contribution in [-0.2, 0) is 6.18 Å². The van der Waals surface area contributed by atoms with Crippen LogP contribution in [-0.4, -0.2) is 4.98 Å². The molecule has 2 rings (SSSR count). The van der Waals surface area contributed by atoms with E-state index in [0.29, 0.717) is 5.56 Å². The predicted molar refractivity (Wildman–Crippen MR) is 61.7 cm³/mol. The van der Waals surface area contributed by atoms with E-state index in [0.717, 1.165) is 6.07 Å². The summed E-state index contributed by atoms with van der Waals surface area (Å²) < 4.78 is 38.0. The zero-order chi connectivity index (χ0) is 13.0. The Balaban J connectivity index is 2.39.